The van der Waals surface area contributed by atoms with Gasteiger partial charge < -0.3 is 4.74 Å². The highest BCUT2D eigenvalue weighted by molar-refractivity contribution is 6.99. The molecule has 7 heteroatoms. The maximum absolute atomic E-state index is 12.8. The van der Waals surface area contributed by atoms with Gasteiger partial charge in [0.05, 0.1) is 11.7 Å². The van der Waals surface area contributed by atoms with Gasteiger partial charge in [0.15, 0.2) is 0 Å². The summed E-state index contributed by atoms with van der Waals surface area (Å²) in [5.41, 5.74) is 0. The first kappa shape index (κ1) is 10.3. The van der Waals surface area contributed by atoms with E-state index >= 15 is 0 Å². The number of ether oxygens (including phenoxy) is 1. The standard InChI is InChI=1S/C8H3ClF2N2OS/c9-7-8(13-15-12-7)14-6-2-4(10)1-5(11)3-6/h1-3H. The van der Waals surface area contributed by atoms with Crippen molar-refractivity contribution in [1.82, 2.24) is 8.75 Å². The number of aromatic nitrogens is 2. The van der Waals surface area contributed by atoms with Crippen LogP contribution in [-0.2, 0) is 0 Å². The summed E-state index contributed by atoms with van der Waals surface area (Å²) in [6, 6.07) is 2.80. The lowest BCUT2D eigenvalue weighted by atomic mass is 10.3. The minimum absolute atomic E-state index is 0.0119. The van der Waals surface area contributed by atoms with Crippen molar-refractivity contribution in [3.63, 3.8) is 0 Å². The maximum Gasteiger partial charge on any atom is 0.270 e. The van der Waals surface area contributed by atoms with Crippen LogP contribution in [0.5, 0.6) is 11.6 Å². The fourth-order valence-corrected chi connectivity index (χ4v) is 1.54. The molecule has 0 N–H and O–H groups in total. The number of nitrogens with zero attached hydrogens (tertiary/aromatic N) is 2. The van der Waals surface area contributed by atoms with Crippen LogP contribution < -0.4 is 4.74 Å². The van der Waals surface area contributed by atoms with Crippen molar-refractivity contribution in [3.05, 3.63) is 35.0 Å². The normalized spacial score (nSPS) is 10.3. The minimum atomic E-state index is -0.732. The van der Waals surface area contributed by atoms with E-state index < -0.39 is 11.6 Å². The largest absolute Gasteiger partial charge is 0.436 e. The molecule has 0 bridgehead atoms. The molecule has 0 saturated carbocycles. The molecule has 0 atom stereocenters. The molecule has 0 aliphatic carbocycles. The van der Waals surface area contributed by atoms with Crippen molar-refractivity contribution >= 4 is 23.3 Å². The predicted octanol–water partition coefficient (Wildman–Crippen LogP) is 3.26. The molecular formula is C8H3ClF2N2OS. The zero-order valence-corrected chi connectivity index (χ0v) is 8.65. The fraction of sp³-hybridized carbons (Fsp3) is 0. The molecule has 2 rings (SSSR count). The second-order valence-electron chi connectivity index (χ2n) is 2.57. The van der Waals surface area contributed by atoms with Crippen molar-refractivity contribution in [2.24, 2.45) is 0 Å². The van der Waals surface area contributed by atoms with E-state index in [1.54, 1.807) is 0 Å². The van der Waals surface area contributed by atoms with E-state index in [1.807, 2.05) is 0 Å². The van der Waals surface area contributed by atoms with Crippen LogP contribution in [0.4, 0.5) is 8.78 Å². The van der Waals surface area contributed by atoms with Gasteiger partial charge >= 0.3 is 0 Å². The van der Waals surface area contributed by atoms with Gasteiger partial charge in [-0.15, -0.1) is 4.37 Å². The van der Waals surface area contributed by atoms with Gasteiger partial charge in [-0.1, -0.05) is 11.6 Å². The molecule has 78 valence electrons. The Morgan fingerprint density at radius 1 is 1.13 bits per heavy atom. The number of benzene rings is 1. The number of halogens is 3. The molecule has 2 aromatic rings. The molecule has 1 aromatic carbocycles. The summed E-state index contributed by atoms with van der Waals surface area (Å²) in [5.74, 6) is -1.44. The van der Waals surface area contributed by atoms with E-state index in [0.717, 1.165) is 29.9 Å². The smallest absolute Gasteiger partial charge is 0.270 e. The molecule has 0 radical (unpaired) electrons. The first-order chi connectivity index (χ1) is 7.15. The molecule has 0 fully saturated rings. The van der Waals surface area contributed by atoms with Crippen molar-refractivity contribution in [2.75, 3.05) is 0 Å². The van der Waals surface area contributed by atoms with Gasteiger partial charge in [-0.05, 0) is 0 Å². The summed E-state index contributed by atoms with van der Waals surface area (Å²) >= 11 is 6.44. The summed E-state index contributed by atoms with van der Waals surface area (Å²) < 4.78 is 37.9. The first-order valence-electron chi connectivity index (χ1n) is 3.77. The number of hydrogen-bond donors (Lipinski definition) is 0. The van der Waals surface area contributed by atoms with Crippen LogP contribution in [0.25, 0.3) is 0 Å². The Hall–Kier alpha value is -1.27. The van der Waals surface area contributed by atoms with E-state index in [9.17, 15) is 8.78 Å². The van der Waals surface area contributed by atoms with Gasteiger partial charge in [0, 0.05) is 18.2 Å². The van der Waals surface area contributed by atoms with Crippen LogP contribution in [0.15, 0.2) is 18.2 Å². The Morgan fingerprint density at radius 3 is 2.33 bits per heavy atom. The number of hydrogen-bond acceptors (Lipinski definition) is 4. The van der Waals surface area contributed by atoms with Crippen molar-refractivity contribution < 1.29 is 13.5 Å². The third-order valence-corrected chi connectivity index (χ3v) is 2.33. The summed E-state index contributed by atoms with van der Waals surface area (Å²) in [6.45, 7) is 0. The van der Waals surface area contributed by atoms with Crippen LogP contribution in [-0.4, -0.2) is 8.75 Å². The average Bonchev–Trinajstić information content (AvgIpc) is 2.50. The SMILES string of the molecule is Fc1cc(F)cc(Oc2nsnc2Cl)c1. The lowest BCUT2D eigenvalue weighted by Crippen LogP contribution is -1.87. The second kappa shape index (κ2) is 4.08. The zero-order valence-electron chi connectivity index (χ0n) is 7.08. The Labute approximate surface area is 92.6 Å². The Morgan fingerprint density at radius 2 is 1.80 bits per heavy atom. The zero-order chi connectivity index (χ0) is 10.8. The van der Waals surface area contributed by atoms with Crippen molar-refractivity contribution in [1.29, 1.82) is 0 Å². The molecular weight excluding hydrogens is 246 g/mol. The van der Waals surface area contributed by atoms with Gasteiger partial charge in [-0.3, -0.25) is 0 Å². The van der Waals surface area contributed by atoms with Crippen molar-refractivity contribution in [2.45, 2.75) is 0 Å². The third-order valence-electron chi connectivity index (χ3n) is 1.47. The lowest BCUT2D eigenvalue weighted by Gasteiger charge is -2.01. The predicted molar refractivity (Wildman–Crippen MR) is 51.4 cm³/mol. The van der Waals surface area contributed by atoms with Crippen LogP contribution in [0, 0.1) is 11.6 Å². The number of rotatable bonds is 2. The van der Waals surface area contributed by atoms with Gasteiger partial charge in [-0.25, -0.2) is 8.78 Å². The summed E-state index contributed by atoms with van der Waals surface area (Å²) in [6.07, 6.45) is 0. The molecule has 3 nitrogen and oxygen atoms in total. The summed E-state index contributed by atoms with van der Waals surface area (Å²) in [7, 11) is 0. The monoisotopic (exact) mass is 248 g/mol. The molecule has 1 heterocycles. The summed E-state index contributed by atoms with van der Waals surface area (Å²) in [4.78, 5) is 0. The van der Waals surface area contributed by atoms with Crippen LogP contribution in [0.2, 0.25) is 5.15 Å². The Bertz CT molecular complexity index is 471. The fourth-order valence-electron chi connectivity index (χ4n) is 0.930. The van der Waals surface area contributed by atoms with Crippen molar-refractivity contribution in [3.8, 4) is 11.6 Å². The molecule has 0 aliphatic heterocycles. The molecule has 0 amide bonds. The first-order valence-corrected chi connectivity index (χ1v) is 4.88. The van der Waals surface area contributed by atoms with Gasteiger partial charge in [0.2, 0.25) is 5.15 Å². The van der Waals surface area contributed by atoms with Gasteiger partial charge in [0.25, 0.3) is 5.88 Å². The van der Waals surface area contributed by atoms with E-state index in [1.165, 1.54) is 0 Å². The van der Waals surface area contributed by atoms with Gasteiger partial charge in [0.1, 0.15) is 17.4 Å². The lowest BCUT2D eigenvalue weighted by molar-refractivity contribution is 0.456. The molecule has 0 unspecified atom stereocenters. The van der Waals surface area contributed by atoms with E-state index in [2.05, 4.69) is 8.75 Å². The van der Waals surface area contributed by atoms with E-state index in [0.29, 0.717) is 0 Å². The van der Waals surface area contributed by atoms with E-state index in [-0.39, 0.29) is 16.8 Å². The topological polar surface area (TPSA) is 35.0 Å². The molecule has 0 spiro atoms. The van der Waals surface area contributed by atoms with Crippen LogP contribution >= 0.6 is 23.3 Å². The molecule has 0 saturated heterocycles. The molecule has 0 aliphatic rings. The highest BCUT2D eigenvalue weighted by atomic mass is 35.5. The minimum Gasteiger partial charge on any atom is -0.436 e. The van der Waals surface area contributed by atoms with Crippen LogP contribution in [0.3, 0.4) is 0 Å². The van der Waals surface area contributed by atoms with Crippen LogP contribution in [0.1, 0.15) is 0 Å². The average molecular weight is 249 g/mol. The quantitative estimate of drug-likeness (QED) is 0.818. The highest BCUT2D eigenvalue weighted by Crippen LogP contribution is 2.27. The Kier molecular flexibility index (Phi) is 2.79. The summed E-state index contributed by atoms with van der Waals surface area (Å²) in [5, 5.41) is 0.0599. The van der Waals surface area contributed by atoms with Gasteiger partial charge in [-0.2, -0.15) is 4.37 Å². The molecule has 1 aromatic heterocycles. The van der Waals surface area contributed by atoms with E-state index in [4.69, 9.17) is 16.3 Å². The second-order valence-corrected chi connectivity index (χ2v) is 3.45. The molecule has 15 heavy (non-hydrogen) atoms. The Balaban J connectivity index is 2.28. The highest BCUT2D eigenvalue weighted by Gasteiger charge is 2.09. The maximum atomic E-state index is 12.8. The third kappa shape index (κ3) is 2.40.